The second-order valence-corrected chi connectivity index (χ2v) is 6.62. The highest BCUT2D eigenvalue weighted by molar-refractivity contribution is 6.04. The molecule has 1 N–H and O–H groups in total. The molecule has 0 saturated heterocycles. The first-order valence-electron chi connectivity index (χ1n) is 9.30. The normalized spacial score (nSPS) is 11.3. The van der Waals surface area contributed by atoms with E-state index in [2.05, 4.69) is 15.4 Å². The van der Waals surface area contributed by atoms with Gasteiger partial charge in [0.15, 0.2) is 5.82 Å². The molecule has 1 aromatic carbocycles. The van der Waals surface area contributed by atoms with Crippen LogP contribution in [0.15, 0.2) is 42.6 Å². The molecule has 31 heavy (non-hydrogen) atoms. The third-order valence-electron chi connectivity index (χ3n) is 4.45. The maximum absolute atomic E-state index is 12.8. The van der Waals surface area contributed by atoms with Crippen molar-refractivity contribution in [3.63, 3.8) is 0 Å². The molecule has 0 aliphatic rings. The van der Waals surface area contributed by atoms with Gasteiger partial charge >= 0.3 is 12.1 Å². The summed E-state index contributed by atoms with van der Waals surface area (Å²) in [6.07, 6.45) is -3.19. The number of esters is 1. The number of aryl methyl sites for hydroxylation is 1. The monoisotopic (exact) mass is 432 g/mol. The van der Waals surface area contributed by atoms with Crippen LogP contribution in [0.5, 0.6) is 0 Å². The molecule has 2 aromatic heterocycles. The summed E-state index contributed by atoms with van der Waals surface area (Å²) in [7, 11) is 0. The van der Waals surface area contributed by atoms with Crippen LogP contribution in [0.25, 0.3) is 5.82 Å². The fourth-order valence-corrected chi connectivity index (χ4v) is 2.99. The second kappa shape index (κ2) is 8.58. The fourth-order valence-electron chi connectivity index (χ4n) is 2.99. The Balaban J connectivity index is 1.79. The standard InChI is InChI=1S/C21H19F3N4O3/c1-4-31-20(30)18-12(2)27-28(13(18)3)17-9-8-16(11-25-17)26-19(29)14-6-5-7-15(10-14)21(22,23)24/h5-11H,4H2,1-3H3,(H,26,29). The van der Waals surface area contributed by atoms with Crippen molar-refractivity contribution in [2.75, 3.05) is 11.9 Å². The summed E-state index contributed by atoms with van der Waals surface area (Å²) in [5.41, 5.74) is 0.639. The predicted molar refractivity (Wildman–Crippen MR) is 106 cm³/mol. The van der Waals surface area contributed by atoms with Crippen molar-refractivity contribution >= 4 is 17.6 Å². The number of hydrogen-bond acceptors (Lipinski definition) is 5. The van der Waals surface area contributed by atoms with E-state index >= 15 is 0 Å². The van der Waals surface area contributed by atoms with Gasteiger partial charge in [0, 0.05) is 5.56 Å². The van der Waals surface area contributed by atoms with Gasteiger partial charge in [-0.3, -0.25) is 4.79 Å². The van der Waals surface area contributed by atoms with Gasteiger partial charge in [-0.2, -0.15) is 18.3 Å². The van der Waals surface area contributed by atoms with Crippen LogP contribution in [-0.4, -0.2) is 33.2 Å². The van der Waals surface area contributed by atoms with Crippen LogP contribution in [0.4, 0.5) is 18.9 Å². The Hall–Kier alpha value is -3.69. The van der Waals surface area contributed by atoms with Crippen LogP contribution < -0.4 is 5.32 Å². The number of ether oxygens (including phenoxy) is 1. The minimum atomic E-state index is -4.54. The first-order chi connectivity index (χ1) is 14.6. The van der Waals surface area contributed by atoms with Gasteiger partial charge in [0.2, 0.25) is 0 Å². The summed E-state index contributed by atoms with van der Waals surface area (Å²) in [5.74, 6) is -0.779. The summed E-state index contributed by atoms with van der Waals surface area (Å²) in [6, 6.07) is 7.24. The van der Waals surface area contributed by atoms with Crippen molar-refractivity contribution in [3.05, 3.63) is 70.7 Å². The zero-order valence-electron chi connectivity index (χ0n) is 16.9. The SMILES string of the molecule is CCOC(=O)c1c(C)nn(-c2ccc(NC(=O)c3cccc(C(F)(F)F)c3)cn2)c1C. The van der Waals surface area contributed by atoms with E-state index in [0.29, 0.717) is 28.5 Å². The van der Waals surface area contributed by atoms with E-state index in [4.69, 9.17) is 4.74 Å². The summed E-state index contributed by atoms with van der Waals surface area (Å²) >= 11 is 0. The van der Waals surface area contributed by atoms with Gasteiger partial charge in [-0.25, -0.2) is 14.5 Å². The molecular weight excluding hydrogens is 413 g/mol. The summed E-state index contributed by atoms with van der Waals surface area (Å²) < 4.78 is 45.0. The van der Waals surface area contributed by atoms with Gasteiger partial charge in [-0.1, -0.05) is 6.07 Å². The van der Waals surface area contributed by atoms with Gasteiger partial charge in [0.25, 0.3) is 5.91 Å². The molecule has 7 nitrogen and oxygen atoms in total. The number of nitrogens with one attached hydrogen (secondary N) is 1. The highest BCUT2D eigenvalue weighted by Crippen LogP contribution is 2.29. The Morgan fingerprint density at radius 3 is 2.52 bits per heavy atom. The predicted octanol–water partition coefficient (Wildman–Crippen LogP) is 4.33. The average molecular weight is 432 g/mol. The number of nitrogens with zero attached hydrogens (tertiary/aromatic N) is 3. The average Bonchev–Trinajstić information content (AvgIpc) is 3.02. The summed E-state index contributed by atoms with van der Waals surface area (Å²) in [5, 5.41) is 6.82. The summed E-state index contributed by atoms with van der Waals surface area (Å²) in [4.78, 5) is 28.7. The quantitative estimate of drug-likeness (QED) is 0.607. The molecule has 2 heterocycles. The molecule has 162 valence electrons. The zero-order valence-corrected chi connectivity index (χ0v) is 16.9. The molecule has 0 atom stereocenters. The van der Waals surface area contributed by atoms with Crippen molar-refractivity contribution in [1.29, 1.82) is 0 Å². The molecule has 0 aliphatic carbocycles. The lowest BCUT2D eigenvalue weighted by Gasteiger charge is -2.10. The molecule has 3 aromatic rings. The van der Waals surface area contributed by atoms with Gasteiger partial charge in [-0.05, 0) is 51.1 Å². The van der Waals surface area contributed by atoms with Gasteiger partial charge in [0.05, 0.1) is 35.4 Å². The van der Waals surface area contributed by atoms with Gasteiger partial charge in [-0.15, -0.1) is 0 Å². The van der Waals surface area contributed by atoms with Crippen molar-refractivity contribution < 1.29 is 27.5 Å². The Labute approximate surface area is 175 Å². The number of benzene rings is 1. The van der Waals surface area contributed by atoms with Gasteiger partial charge in [0.1, 0.15) is 5.56 Å². The number of aromatic nitrogens is 3. The van der Waals surface area contributed by atoms with Crippen LogP contribution in [0, 0.1) is 13.8 Å². The van der Waals surface area contributed by atoms with Crippen LogP contribution >= 0.6 is 0 Å². The molecule has 0 unspecified atom stereocenters. The fraction of sp³-hybridized carbons (Fsp3) is 0.238. The lowest BCUT2D eigenvalue weighted by Crippen LogP contribution is -2.14. The largest absolute Gasteiger partial charge is 0.462 e. The molecule has 0 fully saturated rings. The molecule has 0 aliphatic heterocycles. The molecule has 3 rings (SSSR count). The van der Waals surface area contributed by atoms with Crippen LogP contribution in [-0.2, 0) is 10.9 Å². The molecular formula is C21H19F3N4O3. The number of pyridine rings is 1. The topological polar surface area (TPSA) is 86.1 Å². The number of amides is 1. The maximum Gasteiger partial charge on any atom is 0.416 e. The minimum Gasteiger partial charge on any atom is -0.462 e. The van der Waals surface area contributed by atoms with Gasteiger partial charge < -0.3 is 10.1 Å². The minimum absolute atomic E-state index is 0.128. The Bertz CT molecular complexity index is 1120. The van der Waals surface area contributed by atoms with Crippen LogP contribution in [0.2, 0.25) is 0 Å². The molecule has 0 bridgehead atoms. The zero-order chi connectivity index (χ0) is 22.8. The van der Waals surface area contributed by atoms with E-state index in [9.17, 15) is 22.8 Å². The number of rotatable bonds is 5. The third-order valence-corrected chi connectivity index (χ3v) is 4.45. The number of halogens is 3. The van der Waals surface area contributed by atoms with E-state index in [1.165, 1.54) is 29.1 Å². The Morgan fingerprint density at radius 1 is 1.16 bits per heavy atom. The van der Waals surface area contributed by atoms with Crippen molar-refractivity contribution in [3.8, 4) is 5.82 Å². The Kier molecular flexibility index (Phi) is 6.09. The number of anilines is 1. The number of alkyl halides is 3. The van der Waals surface area contributed by atoms with E-state index in [1.54, 1.807) is 26.8 Å². The molecule has 0 spiro atoms. The first-order valence-corrected chi connectivity index (χ1v) is 9.30. The van der Waals surface area contributed by atoms with Crippen LogP contribution in [0.3, 0.4) is 0 Å². The summed E-state index contributed by atoms with van der Waals surface area (Å²) in [6.45, 7) is 5.33. The van der Waals surface area contributed by atoms with E-state index < -0.39 is 23.6 Å². The van der Waals surface area contributed by atoms with Crippen molar-refractivity contribution in [2.24, 2.45) is 0 Å². The highest BCUT2D eigenvalue weighted by atomic mass is 19.4. The smallest absolute Gasteiger partial charge is 0.416 e. The number of carbonyl (C=O) groups is 2. The molecule has 0 radical (unpaired) electrons. The Morgan fingerprint density at radius 2 is 1.90 bits per heavy atom. The molecule has 0 saturated carbocycles. The second-order valence-electron chi connectivity index (χ2n) is 6.62. The number of carbonyl (C=O) groups excluding carboxylic acids is 2. The van der Waals surface area contributed by atoms with E-state index in [-0.39, 0.29) is 12.2 Å². The van der Waals surface area contributed by atoms with E-state index in [1.807, 2.05) is 0 Å². The third kappa shape index (κ3) is 4.73. The lowest BCUT2D eigenvalue weighted by molar-refractivity contribution is -0.137. The van der Waals surface area contributed by atoms with Crippen molar-refractivity contribution in [1.82, 2.24) is 14.8 Å². The molecule has 1 amide bonds. The lowest BCUT2D eigenvalue weighted by atomic mass is 10.1. The maximum atomic E-state index is 12.8. The van der Waals surface area contributed by atoms with Crippen molar-refractivity contribution in [2.45, 2.75) is 26.9 Å². The first kappa shape index (κ1) is 22.0. The molecule has 10 heteroatoms. The van der Waals surface area contributed by atoms with Crippen LogP contribution in [0.1, 0.15) is 44.6 Å². The van der Waals surface area contributed by atoms with E-state index in [0.717, 1.165) is 12.1 Å². The number of hydrogen-bond donors (Lipinski definition) is 1. The highest BCUT2D eigenvalue weighted by Gasteiger charge is 2.31.